The number of rotatable bonds is 8. The van der Waals surface area contributed by atoms with Gasteiger partial charge in [0.25, 0.3) is 0 Å². The first-order chi connectivity index (χ1) is 13.5. The number of likely N-dealkylation sites (tertiary alicyclic amines) is 1. The van der Waals surface area contributed by atoms with Gasteiger partial charge in [0.1, 0.15) is 17.3 Å². The second kappa shape index (κ2) is 9.78. The first-order valence-electron chi connectivity index (χ1n) is 10.2. The first-order valence-corrected chi connectivity index (χ1v) is 10.2. The van der Waals surface area contributed by atoms with E-state index < -0.39 is 0 Å². The van der Waals surface area contributed by atoms with E-state index in [-0.39, 0.29) is 5.91 Å². The number of amides is 1. The van der Waals surface area contributed by atoms with Crippen molar-refractivity contribution in [1.29, 1.82) is 0 Å². The van der Waals surface area contributed by atoms with Gasteiger partial charge >= 0.3 is 0 Å². The van der Waals surface area contributed by atoms with E-state index in [9.17, 15) is 4.79 Å². The Balaban J connectivity index is 1.41. The number of benzene rings is 1. The fraction of sp³-hybridized carbons (Fsp3) is 0.522. The highest BCUT2D eigenvalue weighted by Crippen LogP contribution is 2.24. The molecule has 1 amide bonds. The topological polar surface area (TPSA) is 54.7 Å². The highest BCUT2D eigenvalue weighted by Gasteiger charge is 2.21. The van der Waals surface area contributed by atoms with Gasteiger partial charge in [0, 0.05) is 19.5 Å². The Morgan fingerprint density at radius 1 is 1.29 bits per heavy atom. The van der Waals surface area contributed by atoms with E-state index in [1.165, 1.54) is 24.0 Å². The molecule has 0 radical (unpaired) electrons. The number of furan rings is 1. The molecule has 1 atom stereocenters. The molecule has 1 N–H and O–H groups in total. The van der Waals surface area contributed by atoms with Crippen molar-refractivity contribution in [2.45, 2.75) is 52.6 Å². The third-order valence-corrected chi connectivity index (χ3v) is 5.50. The number of hydrogen-bond donors (Lipinski definition) is 1. The zero-order valence-electron chi connectivity index (χ0n) is 17.3. The zero-order chi connectivity index (χ0) is 19.9. The number of carbonyl (C=O) groups excluding carboxylic acids is 1. The molecule has 1 aromatic heterocycles. The lowest BCUT2D eigenvalue weighted by atomic mass is 9.93. The number of carbonyl (C=O) groups is 1. The highest BCUT2D eigenvalue weighted by molar-refractivity contribution is 5.75. The van der Waals surface area contributed by atoms with E-state index >= 15 is 0 Å². The van der Waals surface area contributed by atoms with Crippen LogP contribution in [0.5, 0.6) is 5.75 Å². The largest absolute Gasteiger partial charge is 0.496 e. The third-order valence-electron chi connectivity index (χ3n) is 5.50. The van der Waals surface area contributed by atoms with Gasteiger partial charge in [0.2, 0.25) is 5.91 Å². The number of aryl methyl sites for hydroxylation is 2. The van der Waals surface area contributed by atoms with Crippen LogP contribution >= 0.6 is 0 Å². The summed E-state index contributed by atoms with van der Waals surface area (Å²) in [5, 5.41) is 2.96. The van der Waals surface area contributed by atoms with Crippen LogP contribution in [0.1, 0.15) is 48.3 Å². The summed E-state index contributed by atoms with van der Waals surface area (Å²) in [7, 11) is 1.71. The van der Waals surface area contributed by atoms with E-state index in [1.807, 2.05) is 19.1 Å². The maximum absolute atomic E-state index is 12.2. The Labute approximate surface area is 168 Å². The Bertz CT molecular complexity index is 784. The molecule has 152 valence electrons. The van der Waals surface area contributed by atoms with Crippen LogP contribution in [-0.2, 0) is 17.9 Å². The second-order valence-electron chi connectivity index (χ2n) is 7.88. The van der Waals surface area contributed by atoms with Gasteiger partial charge < -0.3 is 14.5 Å². The minimum atomic E-state index is 0.108. The van der Waals surface area contributed by atoms with Crippen LogP contribution in [0.4, 0.5) is 0 Å². The van der Waals surface area contributed by atoms with E-state index in [1.54, 1.807) is 7.11 Å². The fourth-order valence-electron chi connectivity index (χ4n) is 4.02. The fourth-order valence-corrected chi connectivity index (χ4v) is 4.02. The van der Waals surface area contributed by atoms with Gasteiger partial charge in [-0.1, -0.05) is 12.1 Å². The predicted octanol–water partition coefficient (Wildman–Crippen LogP) is 4.21. The van der Waals surface area contributed by atoms with Gasteiger partial charge in [-0.25, -0.2) is 0 Å². The molecule has 0 spiro atoms. The first kappa shape index (κ1) is 20.5. The summed E-state index contributed by atoms with van der Waals surface area (Å²) in [4.78, 5) is 14.7. The van der Waals surface area contributed by atoms with Crippen molar-refractivity contribution in [2.75, 3.05) is 20.2 Å². The van der Waals surface area contributed by atoms with E-state index in [0.717, 1.165) is 43.3 Å². The molecule has 3 rings (SSSR count). The number of piperidine rings is 1. The van der Waals surface area contributed by atoms with Gasteiger partial charge in [0.05, 0.1) is 13.7 Å². The van der Waals surface area contributed by atoms with Crippen molar-refractivity contribution < 1.29 is 13.9 Å². The van der Waals surface area contributed by atoms with Crippen molar-refractivity contribution in [1.82, 2.24) is 10.2 Å². The molecule has 1 aliphatic heterocycles. The third kappa shape index (κ3) is 5.86. The molecule has 5 nitrogen and oxygen atoms in total. The summed E-state index contributed by atoms with van der Waals surface area (Å²) in [6.07, 6.45) is 3.94. The summed E-state index contributed by atoms with van der Waals surface area (Å²) in [5.41, 5.74) is 2.50. The quantitative estimate of drug-likeness (QED) is 0.741. The van der Waals surface area contributed by atoms with Gasteiger partial charge in [0.15, 0.2) is 0 Å². The Morgan fingerprint density at radius 3 is 2.86 bits per heavy atom. The Morgan fingerprint density at radius 2 is 2.14 bits per heavy atom. The maximum Gasteiger partial charge on any atom is 0.220 e. The lowest BCUT2D eigenvalue weighted by Gasteiger charge is -2.32. The normalized spacial score (nSPS) is 17.5. The van der Waals surface area contributed by atoms with Crippen LogP contribution in [0.3, 0.4) is 0 Å². The van der Waals surface area contributed by atoms with E-state index in [4.69, 9.17) is 9.15 Å². The Kier molecular flexibility index (Phi) is 7.15. The van der Waals surface area contributed by atoms with Crippen LogP contribution in [0.15, 0.2) is 34.7 Å². The zero-order valence-corrected chi connectivity index (χ0v) is 17.3. The molecule has 2 aromatic rings. The van der Waals surface area contributed by atoms with Gasteiger partial charge in [-0.3, -0.25) is 9.69 Å². The Hall–Kier alpha value is -2.27. The van der Waals surface area contributed by atoms with Crippen LogP contribution < -0.4 is 10.1 Å². The van der Waals surface area contributed by atoms with Gasteiger partial charge in [-0.05, 0) is 74.9 Å². The van der Waals surface area contributed by atoms with Gasteiger partial charge in [-0.15, -0.1) is 0 Å². The smallest absolute Gasteiger partial charge is 0.220 e. The maximum atomic E-state index is 12.2. The average molecular weight is 385 g/mol. The van der Waals surface area contributed by atoms with Crippen molar-refractivity contribution in [2.24, 2.45) is 5.92 Å². The molecule has 1 fully saturated rings. The van der Waals surface area contributed by atoms with Crippen LogP contribution in [-0.4, -0.2) is 31.0 Å². The lowest BCUT2D eigenvalue weighted by Crippen LogP contribution is -2.35. The molecule has 1 aliphatic rings. The summed E-state index contributed by atoms with van der Waals surface area (Å²) in [6, 6.07) is 10.3. The summed E-state index contributed by atoms with van der Waals surface area (Å²) >= 11 is 0. The van der Waals surface area contributed by atoms with Crippen LogP contribution in [0, 0.1) is 19.8 Å². The molecule has 2 heterocycles. The number of methoxy groups -OCH3 is 1. The highest BCUT2D eigenvalue weighted by atomic mass is 16.5. The van der Waals surface area contributed by atoms with E-state index in [0.29, 0.717) is 18.9 Å². The minimum absolute atomic E-state index is 0.108. The molecule has 5 heteroatoms. The van der Waals surface area contributed by atoms with Crippen molar-refractivity contribution >= 4 is 5.91 Å². The van der Waals surface area contributed by atoms with Crippen molar-refractivity contribution in [3.63, 3.8) is 0 Å². The molecular formula is C23H32N2O3. The van der Waals surface area contributed by atoms with Crippen LogP contribution in [0.25, 0.3) is 0 Å². The molecule has 1 saturated heterocycles. The average Bonchev–Trinajstić information content (AvgIpc) is 3.10. The number of nitrogens with zero attached hydrogens (tertiary/aromatic N) is 1. The predicted molar refractivity (Wildman–Crippen MR) is 110 cm³/mol. The van der Waals surface area contributed by atoms with Crippen LogP contribution in [0.2, 0.25) is 0 Å². The molecule has 0 saturated carbocycles. The molecule has 1 aromatic carbocycles. The molecule has 0 aliphatic carbocycles. The summed E-state index contributed by atoms with van der Waals surface area (Å²) in [5.74, 6) is 3.32. The minimum Gasteiger partial charge on any atom is -0.496 e. The van der Waals surface area contributed by atoms with Crippen molar-refractivity contribution in [3.05, 3.63) is 53.0 Å². The second-order valence-corrected chi connectivity index (χ2v) is 7.88. The number of hydrogen-bond acceptors (Lipinski definition) is 4. The summed E-state index contributed by atoms with van der Waals surface area (Å²) < 4.78 is 10.8. The standard InChI is InChI=1S/C23H32N2O3/c1-17-13-20(7-10-22(17)27-3)16-25-12-4-5-19(15-25)8-11-23(26)24-14-21-9-6-18(2)28-21/h6-7,9-10,13,19H,4-5,8,11-12,14-16H2,1-3H3,(H,24,26)/t19-/m0/s1. The van der Waals surface area contributed by atoms with Gasteiger partial charge in [-0.2, -0.15) is 0 Å². The number of nitrogens with one attached hydrogen (secondary N) is 1. The monoisotopic (exact) mass is 384 g/mol. The van der Waals surface area contributed by atoms with Crippen molar-refractivity contribution in [3.8, 4) is 5.75 Å². The van der Waals surface area contributed by atoms with E-state index in [2.05, 4.69) is 35.3 Å². The lowest BCUT2D eigenvalue weighted by molar-refractivity contribution is -0.121. The molecule has 0 unspecified atom stereocenters. The molecule has 28 heavy (non-hydrogen) atoms. The summed E-state index contributed by atoms with van der Waals surface area (Å²) in [6.45, 7) is 7.63. The molecular weight excluding hydrogens is 352 g/mol. The molecule has 0 bridgehead atoms. The number of ether oxygens (including phenoxy) is 1. The SMILES string of the molecule is COc1ccc(CN2CCC[C@@H](CCC(=O)NCc3ccc(C)o3)C2)cc1C.